The summed E-state index contributed by atoms with van der Waals surface area (Å²) in [5.74, 6) is 0. The van der Waals surface area contributed by atoms with Gasteiger partial charge in [-0.2, -0.15) is 0 Å². The van der Waals surface area contributed by atoms with Gasteiger partial charge in [0.15, 0.2) is 0 Å². The molecule has 1 aromatic rings. The van der Waals surface area contributed by atoms with E-state index in [1.165, 1.54) is 6.20 Å². The minimum absolute atomic E-state index is 0.0155. The molecular weight excluding hydrogens is 314 g/mol. The Morgan fingerprint density at radius 3 is 2.92 bits per heavy atom. The summed E-state index contributed by atoms with van der Waals surface area (Å²) in [5.41, 5.74) is 5.43. The molecule has 0 bridgehead atoms. The third-order valence-corrected chi connectivity index (χ3v) is 3.51. The van der Waals surface area contributed by atoms with E-state index in [2.05, 4.69) is 15.8 Å². The molecule has 0 aliphatic carbocycles. The van der Waals surface area contributed by atoms with Crippen LogP contribution in [-0.4, -0.2) is 40.7 Å². The van der Waals surface area contributed by atoms with Crippen molar-refractivity contribution >= 4 is 17.5 Å². The lowest BCUT2D eigenvalue weighted by Gasteiger charge is -2.34. The Kier molecular flexibility index (Phi) is 5.55. The van der Waals surface area contributed by atoms with Crippen LogP contribution in [0.3, 0.4) is 0 Å². The average molecular weight is 337 g/mol. The molecule has 132 valence electrons. The van der Waals surface area contributed by atoms with Crippen LogP contribution in [0.25, 0.3) is 0 Å². The predicted octanol–water partition coefficient (Wildman–Crippen LogP) is 1.99. The lowest BCUT2D eigenvalue weighted by molar-refractivity contribution is -0.384. The molecular formula is C15H23N5O4. The first-order valence-corrected chi connectivity index (χ1v) is 7.84. The summed E-state index contributed by atoms with van der Waals surface area (Å²) in [5, 5.41) is 11.1. The number of nitrogens with zero attached hydrogens (tertiary/aromatic N) is 3. The summed E-state index contributed by atoms with van der Waals surface area (Å²) in [6.07, 6.45) is 3.96. The highest BCUT2D eigenvalue weighted by Crippen LogP contribution is 2.28. The van der Waals surface area contributed by atoms with Crippen LogP contribution in [0.4, 0.5) is 16.2 Å². The van der Waals surface area contributed by atoms with E-state index in [0.717, 1.165) is 19.4 Å². The van der Waals surface area contributed by atoms with Gasteiger partial charge >= 0.3 is 11.8 Å². The maximum absolute atomic E-state index is 11.7. The highest BCUT2D eigenvalue weighted by Gasteiger charge is 2.26. The number of amides is 1. The topological polar surface area (TPSA) is 110 Å². The molecule has 2 rings (SSSR count). The Hall–Kier alpha value is -2.42. The number of aromatic nitrogens is 1. The number of piperidine rings is 1. The first kappa shape index (κ1) is 17.9. The third-order valence-electron chi connectivity index (χ3n) is 3.51. The Bertz CT molecular complexity index is 602. The van der Waals surface area contributed by atoms with Crippen molar-refractivity contribution in [3.63, 3.8) is 0 Å². The minimum atomic E-state index is -0.567. The number of hydrogen-bond acceptors (Lipinski definition) is 7. The van der Waals surface area contributed by atoms with Gasteiger partial charge in [0.25, 0.3) is 0 Å². The molecule has 1 aliphatic heterocycles. The number of nitro groups is 1. The molecule has 1 aromatic heterocycles. The number of carbonyl (C=O) groups is 1. The van der Waals surface area contributed by atoms with Crippen LogP contribution in [0.15, 0.2) is 18.5 Å². The van der Waals surface area contributed by atoms with Crippen molar-refractivity contribution in [3.8, 4) is 0 Å². The molecule has 0 saturated carbocycles. The van der Waals surface area contributed by atoms with E-state index in [1.807, 2.05) is 4.90 Å². The first-order chi connectivity index (χ1) is 11.3. The molecule has 1 saturated heterocycles. The van der Waals surface area contributed by atoms with Crippen molar-refractivity contribution in [2.75, 3.05) is 18.0 Å². The third kappa shape index (κ3) is 5.05. The Morgan fingerprint density at radius 1 is 1.50 bits per heavy atom. The highest BCUT2D eigenvalue weighted by molar-refractivity contribution is 5.67. The van der Waals surface area contributed by atoms with E-state index in [-0.39, 0.29) is 11.7 Å². The van der Waals surface area contributed by atoms with Gasteiger partial charge in [0.05, 0.1) is 4.92 Å². The molecule has 9 nitrogen and oxygen atoms in total. The monoisotopic (exact) mass is 337 g/mol. The molecule has 2 heterocycles. The van der Waals surface area contributed by atoms with Gasteiger partial charge in [0, 0.05) is 25.3 Å². The molecule has 0 spiro atoms. The summed E-state index contributed by atoms with van der Waals surface area (Å²) in [6.45, 7) is 6.63. The standard InChI is InChI=1S/C15H23N5O4/c1-15(2,3)24-14(21)18-17-11-5-4-8-19(10-11)12-6-7-16-9-13(12)20(22)23/h6-7,9,11,17H,4-5,8,10H2,1-3H3,(H,18,21). The van der Waals surface area contributed by atoms with Gasteiger partial charge in [-0.3, -0.25) is 20.5 Å². The second-order valence-electron chi connectivity index (χ2n) is 6.68. The molecule has 2 N–H and O–H groups in total. The molecule has 1 amide bonds. The second kappa shape index (κ2) is 7.43. The van der Waals surface area contributed by atoms with E-state index < -0.39 is 16.6 Å². The van der Waals surface area contributed by atoms with E-state index in [4.69, 9.17) is 4.74 Å². The van der Waals surface area contributed by atoms with Crippen LogP contribution in [0.2, 0.25) is 0 Å². The molecule has 1 fully saturated rings. The Labute approximate surface area is 140 Å². The van der Waals surface area contributed by atoms with Crippen molar-refractivity contribution in [2.45, 2.75) is 45.3 Å². The maximum atomic E-state index is 11.7. The smallest absolute Gasteiger partial charge is 0.422 e. The summed E-state index contributed by atoms with van der Waals surface area (Å²) in [4.78, 5) is 28.1. The Morgan fingerprint density at radius 2 is 2.25 bits per heavy atom. The van der Waals surface area contributed by atoms with Crippen LogP contribution in [0, 0.1) is 10.1 Å². The number of nitrogens with one attached hydrogen (secondary N) is 2. The van der Waals surface area contributed by atoms with Crippen LogP contribution >= 0.6 is 0 Å². The molecule has 1 unspecified atom stereocenters. The number of ether oxygens (including phenoxy) is 1. The number of anilines is 1. The van der Waals surface area contributed by atoms with Crippen molar-refractivity contribution in [3.05, 3.63) is 28.6 Å². The SMILES string of the molecule is CC(C)(C)OC(=O)NNC1CCCN(c2ccncc2[N+](=O)[O-])C1. The lowest BCUT2D eigenvalue weighted by atomic mass is 10.1. The zero-order valence-electron chi connectivity index (χ0n) is 14.1. The maximum Gasteiger partial charge on any atom is 0.422 e. The van der Waals surface area contributed by atoms with Gasteiger partial charge in [-0.1, -0.05) is 0 Å². The molecule has 1 aliphatic rings. The molecule has 24 heavy (non-hydrogen) atoms. The summed E-state index contributed by atoms with van der Waals surface area (Å²) in [6, 6.07) is 1.61. The molecule has 1 atom stereocenters. The van der Waals surface area contributed by atoms with Gasteiger partial charge in [-0.05, 0) is 39.7 Å². The second-order valence-corrected chi connectivity index (χ2v) is 6.68. The molecule has 0 aromatic carbocycles. The largest absolute Gasteiger partial charge is 0.443 e. The van der Waals surface area contributed by atoms with Crippen LogP contribution in [-0.2, 0) is 4.74 Å². The lowest BCUT2D eigenvalue weighted by Crippen LogP contribution is -2.53. The van der Waals surface area contributed by atoms with Crippen molar-refractivity contribution in [1.82, 2.24) is 15.8 Å². The zero-order valence-corrected chi connectivity index (χ0v) is 14.1. The highest BCUT2D eigenvalue weighted by atomic mass is 16.6. The van der Waals surface area contributed by atoms with Gasteiger partial charge in [0.1, 0.15) is 17.5 Å². The van der Waals surface area contributed by atoms with Crippen LogP contribution in [0.1, 0.15) is 33.6 Å². The van der Waals surface area contributed by atoms with Gasteiger partial charge < -0.3 is 9.64 Å². The predicted molar refractivity (Wildman–Crippen MR) is 88.6 cm³/mol. The zero-order chi connectivity index (χ0) is 17.7. The first-order valence-electron chi connectivity index (χ1n) is 7.84. The number of rotatable bonds is 4. The van der Waals surface area contributed by atoms with Gasteiger partial charge in [-0.15, -0.1) is 0 Å². The number of pyridine rings is 1. The van der Waals surface area contributed by atoms with Gasteiger partial charge in [0.2, 0.25) is 0 Å². The van der Waals surface area contributed by atoms with Crippen LogP contribution in [0.5, 0.6) is 0 Å². The minimum Gasteiger partial charge on any atom is -0.443 e. The van der Waals surface area contributed by atoms with Crippen LogP contribution < -0.4 is 15.8 Å². The number of hydrazine groups is 1. The number of carbonyl (C=O) groups excluding carboxylic acids is 1. The van der Waals surface area contributed by atoms with E-state index in [0.29, 0.717) is 12.2 Å². The molecule has 9 heteroatoms. The van der Waals surface area contributed by atoms with Crippen molar-refractivity contribution in [1.29, 1.82) is 0 Å². The summed E-state index contributed by atoms with van der Waals surface area (Å²) >= 11 is 0. The normalized spacial score (nSPS) is 18.1. The summed E-state index contributed by atoms with van der Waals surface area (Å²) < 4.78 is 5.17. The fourth-order valence-electron chi connectivity index (χ4n) is 2.57. The van der Waals surface area contributed by atoms with E-state index in [9.17, 15) is 14.9 Å². The quantitative estimate of drug-likeness (QED) is 0.638. The molecule has 0 radical (unpaired) electrons. The van der Waals surface area contributed by atoms with Crippen molar-refractivity contribution in [2.24, 2.45) is 0 Å². The fourth-order valence-corrected chi connectivity index (χ4v) is 2.57. The van der Waals surface area contributed by atoms with E-state index in [1.54, 1.807) is 33.0 Å². The summed E-state index contributed by atoms with van der Waals surface area (Å²) in [7, 11) is 0. The Balaban J connectivity index is 1.95. The van der Waals surface area contributed by atoms with E-state index >= 15 is 0 Å². The van der Waals surface area contributed by atoms with Gasteiger partial charge in [-0.25, -0.2) is 10.2 Å². The fraction of sp³-hybridized carbons (Fsp3) is 0.600. The van der Waals surface area contributed by atoms with Crippen molar-refractivity contribution < 1.29 is 14.5 Å². The average Bonchev–Trinajstić information content (AvgIpc) is 2.51. The number of hydrogen-bond donors (Lipinski definition) is 2.